The van der Waals surface area contributed by atoms with Gasteiger partial charge in [-0.3, -0.25) is 4.79 Å². The molecule has 2 rings (SSSR count). The maximum Gasteiger partial charge on any atom is 0.255 e. The molecule has 1 amide bonds. The molecular formula is C16H18BrNO3. The molecule has 21 heavy (non-hydrogen) atoms. The zero-order valence-electron chi connectivity index (χ0n) is 11.8. The Labute approximate surface area is 132 Å². The number of phenolic OH excluding ortho intramolecular Hbond substituents is 1. The average molecular weight is 352 g/mol. The highest BCUT2D eigenvalue weighted by molar-refractivity contribution is 9.09. The van der Waals surface area contributed by atoms with Gasteiger partial charge in [-0.2, -0.15) is 0 Å². The molecule has 0 aliphatic rings. The number of nitrogens with one attached hydrogen (secondary N) is 1. The monoisotopic (exact) mass is 351 g/mol. The molecule has 0 saturated carbocycles. The number of benzene rings is 2. The molecule has 1 unspecified atom stereocenters. The van der Waals surface area contributed by atoms with Crippen LogP contribution in [-0.2, 0) is 4.74 Å². The zero-order chi connectivity index (χ0) is 15.2. The Kier molecular flexibility index (Phi) is 5.59. The van der Waals surface area contributed by atoms with Gasteiger partial charge in [0.2, 0.25) is 0 Å². The van der Waals surface area contributed by atoms with Crippen molar-refractivity contribution in [2.24, 2.45) is 0 Å². The Bertz CT molecular complexity index is 624. The molecule has 4 nitrogen and oxygen atoms in total. The molecule has 0 heterocycles. The number of hydrogen-bond donors (Lipinski definition) is 2. The van der Waals surface area contributed by atoms with Crippen molar-refractivity contribution in [2.75, 3.05) is 19.0 Å². The minimum atomic E-state index is -0.291. The van der Waals surface area contributed by atoms with Crippen molar-refractivity contribution in [2.45, 2.75) is 12.5 Å². The van der Waals surface area contributed by atoms with E-state index in [0.717, 1.165) is 17.1 Å². The van der Waals surface area contributed by atoms with Crippen LogP contribution in [0.25, 0.3) is 10.8 Å². The number of ether oxygens (including phenoxy) is 1. The van der Waals surface area contributed by atoms with Gasteiger partial charge in [-0.15, -0.1) is 0 Å². The van der Waals surface area contributed by atoms with Crippen LogP contribution >= 0.6 is 15.9 Å². The highest BCUT2D eigenvalue weighted by Gasteiger charge is 2.17. The molecule has 0 bridgehead atoms. The predicted octanol–water partition coefficient (Wildman–Crippen LogP) is 3.08. The van der Waals surface area contributed by atoms with Crippen molar-refractivity contribution in [3.8, 4) is 5.75 Å². The molecule has 112 valence electrons. The van der Waals surface area contributed by atoms with Gasteiger partial charge in [0.25, 0.3) is 5.91 Å². The van der Waals surface area contributed by atoms with Crippen molar-refractivity contribution in [1.29, 1.82) is 0 Å². The molecule has 0 spiro atoms. The number of methoxy groups -OCH3 is 1. The molecule has 0 aliphatic heterocycles. The van der Waals surface area contributed by atoms with Crippen LogP contribution in [0.2, 0.25) is 0 Å². The first kappa shape index (κ1) is 15.8. The van der Waals surface area contributed by atoms with E-state index in [0.29, 0.717) is 12.0 Å². The van der Waals surface area contributed by atoms with E-state index >= 15 is 0 Å². The summed E-state index contributed by atoms with van der Waals surface area (Å²) in [5, 5.41) is 15.5. The van der Waals surface area contributed by atoms with E-state index < -0.39 is 0 Å². The van der Waals surface area contributed by atoms with Crippen LogP contribution in [0.4, 0.5) is 0 Å². The summed E-state index contributed by atoms with van der Waals surface area (Å²) in [6.07, 6.45) is 0.758. The first-order valence-electron chi connectivity index (χ1n) is 6.74. The molecule has 2 N–H and O–H groups in total. The van der Waals surface area contributed by atoms with E-state index in [1.807, 2.05) is 24.3 Å². The number of alkyl halides is 1. The molecule has 0 aliphatic carbocycles. The summed E-state index contributed by atoms with van der Waals surface area (Å²) in [5.74, 6) is -0.276. The Morgan fingerprint density at radius 1 is 1.33 bits per heavy atom. The van der Waals surface area contributed by atoms with Gasteiger partial charge in [0.1, 0.15) is 5.75 Å². The first-order valence-corrected chi connectivity index (χ1v) is 7.86. The fourth-order valence-corrected chi connectivity index (χ4v) is 2.78. The summed E-state index contributed by atoms with van der Waals surface area (Å²) in [7, 11) is 1.60. The van der Waals surface area contributed by atoms with Crippen LogP contribution in [0, 0.1) is 0 Å². The van der Waals surface area contributed by atoms with Crippen molar-refractivity contribution >= 4 is 32.6 Å². The van der Waals surface area contributed by atoms with Gasteiger partial charge in [-0.25, -0.2) is 0 Å². The van der Waals surface area contributed by atoms with Crippen LogP contribution in [0.3, 0.4) is 0 Å². The maximum absolute atomic E-state index is 12.3. The number of amides is 1. The first-order chi connectivity index (χ1) is 10.2. The second kappa shape index (κ2) is 7.43. The summed E-state index contributed by atoms with van der Waals surface area (Å²) >= 11 is 3.36. The zero-order valence-corrected chi connectivity index (χ0v) is 13.4. The van der Waals surface area contributed by atoms with Crippen molar-refractivity contribution in [1.82, 2.24) is 5.32 Å². The van der Waals surface area contributed by atoms with Gasteiger partial charge in [0.05, 0.1) is 18.2 Å². The number of carbonyl (C=O) groups is 1. The maximum atomic E-state index is 12.3. The van der Waals surface area contributed by atoms with Crippen LogP contribution in [0.5, 0.6) is 5.75 Å². The van der Waals surface area contributed by atoms with Gasteiger partial charge >= 0.3 is 0 Å². The molecule has 1 atom stereocenters. The van der Waals surface area contributed by atoms with E-state index in [2.05, 4.69) is 21.2 Å². The average Bonchev–Trinajstić information content (AvgIpc) is 2.48. The summed E-state index contributed by atoms with van der Waals surface area (Å²) in [5.41, 5.74) is 0.282. The third kappa shape index (κ3) is 3.74. The molecular weight excluding hydrogens is 334 g/mol. The van der Waals surface area contributed by atoms with E-state index in [4.69, 9.17) is 4.74 Å². The van der Waals surface area contributed by atoms with Crippen molar-refractivity contribution in [3.63, 3.8) is 0 Å². The SMILES string of the molecule is COCC(CCBr)NC(=O)c1ccc2ccccc2c1O. The topological polar surface area (TPSA) is 58.6 Å². The van der Waals surface area contributed by atoms with Gasteiger partial charge in [-0.1, -0.05) is 46.3 Å². The second-order valence-electron chi connectivity index (χ2n) is 4.79. The second-order valence-corrected chi connectivity index (χ2v) is 5.58. The summed E-state index contributed by atoms with van der Waals surface area (Å²) in [4.78, 5) is 12.3. The lowest BCUT2D eigenvalue weighted by atomic mass is 10.0. The molecule has 2 aromatic rings. The fourth-order valence-electron chi connectivity index (χ4n) is 2.23. The summed E-state index contributed by atoms with van der Waals surface area (Å²) in [6, 6.07) is 10.8. The van der Waals surface area contributed by atoms with Crippen molar-refractivity contribution < 1.29 is 14.6 Å². The molecule has 0 saturated heterocycles. The number of aromatic hydroxyl groups is 1. The Hall–Kier alpha value is -1.59. The standard InChI is InChI=1S/C16H18BrNO3/c1-21-10-12(8-9-17)18-16(20)14-7-6-11-4-2-3-5-13(11)15(14)19/h2-7,12,19H,8-10H2,1H3,(H,18,20). The van der Waals surface area contributed by atoms with Crippen LogP contribution < -0.4 is 5.32 Å². The number of carbonyl (C=O) groups excluding carboxylic acids is 1. The lowest BCUT2D eigenvalue weighted by molar-refractivity contribution is 0.0893. The van der Waals surface area contributed by atoms with E-state index in [1.54, 1.807) is 19.2 Å². The predicted molar refractivity (Wildman–Crippen MR) is 87.2 cm³/mol. The van der Waals surface area contributed by atoms with Gasteiger partial charge in [-0.05, 0) is 17.9 Å². The quantitative estimate of drug-likeness (QED) is 0.786. The molecule has 0 aromatic heterocycles. The minimum absolute atomic E-state index is 0.0145. The van der Waals surface area contributed by atoms with E-state index in [1.165, 1.54) is 0 Å². The third-order valence-electron chi connectivity index (χ3n) is 3.31. The lowest BCUT2D eigenvalue weighted by Crippen LogP contribution is -2.38. The Morgan fingerprint density at radius 2 is 2.10 bits per heavy atom. The molecule has 0 radical (unpaired) electrons. The number of phenols is 1. The number of rotatable bonds is 6. The highest BCUT2D eigenvalue weighted by atomic mass is 79.9. The van der Waals surface area contributed by atoms with Crippen LogP contribution in [0.15, 0.2) is 36.4 Å². The molecule has 5 heteroatoms. The van der Waals surface area contributed by atoms with E-state index in [-0.39, 0.29) is 23.3 Å². The van der Waals surface area contributed by atoms with Crippen LogP contribution in [0.1, 0.15) is 16.8 Å². The molecule has 2 aromatic carbocycles. The summed E-state index contributed by atoms with van der Waals surface area (Å²) in [6.45, 7) is 0.436. The van der Waals surface area contributed by atoms with Crippen molar-refractivity contribution in [3.05, 3.63) is 42.0 Å². The smallest absolute Gasteiger partial charge is 0.255 e. The van der Waals surface area contributed by atoms with Gasteiger partial charge in [0.15, 0.2) is 0 Å². The summed E-state index contributed by atoms with van der Waals surface area (Å²) < 4.78 is 5.10. The normalized spacial score (nSPS) is 12.3. The Balaban J connectivity index is 2.24. The number of fused-ring (bicyclic) bond motifs is 1. The molecule has 0 fully saturated rings. The van der Waals surface area contributed by atoms with Crippen LogP contribution in [-0.4, -0.2) is 36.1 Å². The number of halogens is 1. The Morgan fingerprint density at radius 3 is 2.81 bits per heavy atom. The fraction of sp³-hybridized carbons (Fsp3) is 0.312. The van der Waals surface area contributed by atoms with Gasteiger partial charge < -0.3 is 15.2 Å². The van der Waals surface area contributed by atoms with Gasteiger partial charge in [0, 0.05) is 17.8 Å². The lowest BCUT2D eigenvalue weighted by Gasteiger charge is -2.17. The highest BCUT2D eigenvalue weighted by Crippen LogP contribution is 2.28. The number of hydrogen-bond acceptors (Lipinski definition) is 3. The minimum Gasteiger partial charge on any atom is -0.506 e. The van der Waals surface area contributed by atoms with E-state index in [9.17, 15) is 9.90 Å². The largest absolute Gasteiger partial charge is 0.506 e. The third-order valence-corrected chi connectivity index (χ3v) is 3.76.